The van der Waals surface area contributed by atoms with E-state index in [0.29, 0.717) is 0 Å². The molecule has 0 heterocycles. The van der Waals surface area contributed by atoms with Crippen molar-refractivity contribution >= 4 is 37.4 Å². The minimum atomic E-state index is -2.37. The molecule has 64 heavy (non-hydrogen) atoms. The minimum Gasteiger partial charge on any atom is -0.147 e. The van der Waals surface area contributed by atoms with Crippen molar-refractivity contribution in [2.24, 2.45) is 0 Å². The van der Waals surface area contributed by atoms with E-state index in [1.54, 1.807) is 37.0 Å². The van der Waals surface area contributed by atoms with Gasteiger partial charge in [0, 0.05) is 0 Å². The first-order valence-corrected chi connectivity index (χ1v) is 36.3. The van der Waals surface area contributed by atoms with Crippen molar-refractivity contribution in [1.29, 1.82) is 0 Å². The molecule has 0 amide bonds. The summed E-state index contributed by atoms with van der Waals surface area (Å²) in [6.07, 6.45) is 74.2. The van der Waals surface area contributed by atoms with Crippen LogP contribution in [0.15, 0.2) is 25.3 Å². The van der Waals surface area contributed by atoms with Crippen molar-refractivity contribution in [1.82, 2.24) is 0 Å². The Labute approximate surface area is 420 Å². The van der Waals surface area contributed by atoms with E-state index in [9.17, 15) is 0 Å². The van der Waals surface area contributed by atoms with Crippen molar-refractivity contribution in [3.05, 3.63) is 25.3 Å². The van der Waals surface area contributed by atoms with E-state index in [2.05, 4.69) is 53.7 Å². The van der Waals surface area contributed by atoms with E-state index < -0.39 is 12.6 Å². The molecule has 0 aliphatic rings. The first-order chi connectivity index (χ1) is 30.4. The van der Waals surface area contributed by atoms with E-state index >= 15 is 0 Å². The Bertz CT molecular complexity index is 867. The van der Waals surface area contributed by atoms with Crippen LogP contribution in [0.25, 0.3) is 0 Å². The fourth-order valence-electron chi connectivity index (χ4n) is 12.9. The van der Waals surface area contributed by atoms with E-state index in [1.165, 1.54) is 282 Å². The summed E-state index contributed by atoms with van der Waals surface area (Å²) in [6, 6.07) is 0. The average molecular weight is 981 g/mol. The Balaban J connectivity index is -0.0000186. The number of hydrogen-bond donors (Lipinski definition) is 0. The Morgan fingerprint density at radius 3 is 0.469 bits per heavy atom. The number of allylic oxidation sites excluding steroid dienone is 2. The van der Waals surface area contributed by atoms with Crippen LogP contribution in [0.5, 0.6) is 0 Å². The monoisotopic (exact) mass is 979 g/mol. The molecule has 0 saturated carbocycles. The molecule has 0 N–H and O–H groups in total. The van der Waals surface area contributed by atoms with Gasteiger partial charge in [-0.15, -0.1) is 24.8 Å². The normalized spacial score (nSPS) is 13.1. The van der Waals surface area contributed by atoms with Crippen LogP contribution < -0.4 is 0 Å². The molecule has 4 heteroatoms. The third-order valence-corrected chi connectivity index (χ3v) is 45.4. The van der Waals surface area contributed by atoms with Crippen LogP contribution in [0.3, 0.4) is 0 Å². The molecular weight excluding hydrogens is 854 g/mol. The minimum absolute atomic E-state index is 0. The van der Waals surface area contributed by atoms with Gasteiger partial charge in [-0.1, -0.05) is 0 Å². The van der Waals surface area contributed by atoms with Crippen LogP contribution in [0, 0.1) is 0 Å². The summed E-state index contributed by atoms with van der Waals surface area (Å²) in [6.45, 7) is 24.1. The van der Waals surface area contributed by atoms with E-state index in [-0.39, 0.29) is 24.8 Å². The molecular formula is C60H126Cl2P2. The van der Waals surface area contributed by atoms with Crippen molar-refractivity contribution in [2.45, 2.75) is 311 Å². The van der Waals surface area contributed by atoms with Gasteiger partial charge in [0.2, 0.25) is 0 Å². The Kier molecular flexibility index (Phi) is 51.4. The van der Waals surface area contributed by atoms with Gasteiger partial charge >= 0.3 is 398 Å². The first-order valence-electron chi connectivity index (χ1n) is 29.6. The molecule has 0 aromatic carbocycles. The van der Waals surface area contributed by atoms with Gasteiger partial charge in [0.25, 0.3) is 0 Å². The summed E-state index contributed by atoms with van der Waals surface area (Å²) in [7, 11) is 0. The molecule has 0 aliphatic heterocycles. The number of unbranched alkanes of at least 4 members (excludes halogenated alkanes) is 36. The summed E-state index contributed by atoms with van der Waals surface area (Å²) in [5, 5.41) is 0. The molecule has 0 rings (SSSR count). The van der Waals surface area contributed by atoms with E-state index in [1.807, 2.05) is 0 Å². The average Bonchev–Trinajstić information content (AvgIpc) is 3.27. The molecule has 0 saturated heterocycles. The van der Waals surface area contributed by atoms with Gasteiger partial charge in [-0.3, -0.25) is 0 Å². The van der Waals surface area contributed by atoms with Crippen LogP contribution in [-0.2, 0) is 0 Å². The zero-order chi connectivity index (χ0) is 45.7. The Morgan fingerprint density at radius 1 is 0.219 bits per heavy atom. The molecule has 0 aliphatic carbocycles. The number of rotatable bonds is 53. The maximum Gasteiger partial charge on any atom is -0.147 e. The molecule has 0 aromatic rings. The van der Waals surface area contributed by atoms with Crippen LogP contribution >= 0.6 is 37.4 Å². The molecule has 0 fully saturated rings. The van der Waals surface area contributed by atoms with Crippen LogP contribution in [0.2, 0.25) is 0 Å². The van der Waals surface area contributed by atoms with Gasteiger partial charge in [-0.05, 0) is 0 Å². The van der Waals surface area contributed by atoms with E-state index in [0.717, 1.165) is 0 Å². The number of hydrogen-bond acceptors (Lipinski definition) is 0. The second-order valence-electron chi connectivity index (χ2n) is 21.8. The fourth-order valence-corrected chi connectivity index (χ4v) is 43.4. The van der Waals surface area contributed by atoms with Gasteiger partial charge in [0.15, 0.2) is 0 Å². The largest absolute Gasteiger partial charge is 0.147 e. The first kappa shape index (κ1) is 69.2. The van der Waals surface area contributed by atoms with Crippen LogP contribution in [0.4, 0.5) is 0 Å². The molecule has 0 atom stereocenters. The summed E-state index contributed by atoms with van der Waals surface area (Å²) in [5.41, 5.74) is 0. The molecule has 0 bridgehead atoms. The predicted octanol–water partition coefficient (Wildman–Crippen LogP) is 23.7. The zero-order valence-corrected chi connectivity index (χ0v) is 49.1. The van der Waals surface area contributed by atoms with Gasteiger partial charge in [-0.2, -0.15) is 0 Å². The van der Waals surface area contributed by atoms with Gasteiger partial charge < -0.3 is 0 Å². The van der Waals surface area contributed by atoms with Gasteiger partial charge in [0.1, 0.15) is 0 Å². The maximum absolute atomic E-state index is 4.87. The topological polar surface area (TPSA) is 0 Å². The standard InChI is InChI=1S/C60H124P2.2ClH/c1-9-17-23-29-35-38-44-50-58-62(54-16-8,59-51-45-39-36-30-24-18-10-2,60-52-46-40-37-31-25-19-11-3)61(53-15-7,55-47-41-32-26-20-12-4,56-48-42-33-27-21-13-5)57-49-43-34-28-22-14-6;;/h15-16H,7-14,17-60H2,1-6H3;2*1H. The summed E-state index contributed by atoms with van der Waals surface area (Å²) in [4.78, 5) is 0. The van der Waals surface area contributed by atoms with Crippen LogP contribution in [-0.4, -0.2) is 49.3 Å². The smallest absolute Gasteiger partial charge is 0.147 e. The van der Waals surface area contributed by atoms with Crippen molar-refractivity contribution in [3.8, 4) is 0 Å². The molecule has 0 aromatic heterocycles. The Hall–Kier alpha value is 0.920. The number of halogens is 2. The van der Waals surface area contributed by atoms with Crippen molar-refractivity contribution in [2.75, 3.05) is 49.3 Å². The maximum atomic E-state index is 4.87. The molecule has 390 valence electrons. The SMILES string of the molecule is C=CCP(CCCCCCCC)(CCCCCCCC)(CCCCCCCC)P(CC=C)(CCCCCCCCCC)(CCCCCCCCCC)CCCCCCCCCC.Cl.Cl. The zero-order valence-electron chi connectivity index (χ0n) is 45.6. The van der Waals surface area contributed by atoms with Crippen LogP contribution in [0.1, 0.15) is 311 Å². The Morgan fingerprint density at radius 2 is 0.344 bits per heavy atom. The van der Waals surface area contributed by atoms with Gasteiger partial charge in [0.05, 0.1) is 0 Å². The van der Waals surface area contributed by atoms with E-state index in [4.69, 9.17) is 13.2 Å². The second kappa shape index (κ2) is 47.6. The quantitative estimate of drug-likeness (QED) is 0.0324. The third kappa shape index (κ3) is 27.9. The summed E-state index contributed by atoms with van der Waals surface area (Å²) >= 11 is 0. The summed E-state index contributed by atoms with van der Waals surface area (Å²) in [5.74, 6) is 0. The fraction of sp³-hybridized carbons (Fsp3) is 0.933. The summed E-state index contributed by atoms with van der Waals surface area (Å²) < 4.78 is 0. The molecule has 0 radical (unpaired) electrons. The third-order valence-electron chi connectivity index (χ3n) is 16.8. The molecule has 0 nitrogen and oxygen atoms in total. The van der Waals surface area contributed by atoms with Gasteiger partial charge in [-0.25, -0.2) is 0 Å². The van der Waals surface area contributed by atoms with Crippen molar-refractivity contribution < 1.29 is 0 Å². The van der Waals surface area contributed by atoms with Crippen molar-refractivity contribution in [3.63, 3.8) is 0 Å². The molecule has 0 unspecified atom stereocenters. The molecule has 0 spiro atoms. The second-order valence-corrected chi connectivity index (χ2v) is 39.7. The predicted molar refractivity (Wildman–Crippen MR) is 316 cm³/mol.